The summed E-state index contributed by atoms with van der Waals surface area (Å²) in [5.74, 6) is -0.0496. The molecular weight excluding hydrogens is 276 g/mol. The molecule has 1 aromatic heterocycles. The van der Waals surface area contributed by atoms with Gasteiger partial charge in [-0.15, -0.1) is 0 Å². The molecule has 1 atom stereocenters. The van der Waals surface area contributed by atoms with Crippen molar-refractivity contribution in [2.75, 3.05) is 0 Å². The Morgan fingerprint density at radius 2 is 2.25 bits per heavy atom. The van der Waals surface area contributed by atoms with Crippen molar-refractivity contribution in [3.8, 4) is 0 Å². The summed E-state index contributed by atoms with van der Waals surface area (Å²) in [6.45, 7) is 0.514. The number of aliphatic carboxylic acids is 1. The van der Waals surface area contributed by atoms with Gasteiger partial charge in [-0.25, -0.2) is 4.98 Å². The highest BCUT2D eigenvalue weighted by Crippen LogP contribution is 2.23. The third-order valence-corrected chi connectivity index (χ3v) is 4.09. The molecule has 0 radical (unpaired) electrons. The molecule has 1 aliphatic rings. The summed E-state index contributed by atoms with van der Waals surface area (Å²) in [7, 11) is 0. The van der Waals surface area contributed by atoms with Crippen LogP contribution < -0.4 is 0 Å². The van der Waals surface area contributed by atoms with Gasteiger partial charge < -0.3 is 9.67 Å². The summed E-state index contributed by atoms with van der Waals surface area (Å²) in [4.78, 5) is 15.6. The number of halogens is 1. The van der Waals surface area contributed by atoms with Crippen LogP contribution in [0.15, 0.2) is 30.5 Å². The van der Waals surface area contributed by atoms with Crippen molar-refractivity contribution < 1.29 is 9.90 Å². The van der Waals surface area contributed by atoms with Gasteiger partial charge in [0.05, 0.1) is 11.6 Å². The fourth-order valence-electron chi connectivity index (χ4n) is 2.63. The summed E-state index contributed by atoms with van der Waals surface area (Å²) in [6, 6.07) is 7.72. The van der Waals surface area contributed by atoms with E-state index in [1.54, 1.807) is 0 Å². The van der Waals surface area contributed by atoms with Crippen LogP contribution in [0.1, 0.15) is 23.5 Å². The van der Waals surface area contributed by atoms with Crippen LogP contribution in [0, 0.1) is 5.92 Å². The Morgan fingerprint density at radius 1 is 1.45 bits per heavy atom. The second-order valence-corrected chi connectivity index (χ2v) is 5.55. The zero-order valence-electron chi connectivity index (χ0n) is 10.9. The van der Waals surface area contributed by atoms with Crippen molar-refractivity contribution >= 4 is 17.6 Å². The molecule has 0 amide bonds. The molecule has 20 heavy (non-hydrogen) atoms. The van der Waals surface area contributed by atoms with Crippen molar-refractivity contribution in [2.45, 2.75) is 25.8 Å². The molecule has 0 saturated carbocycles. The molecule has 4 nitrogen and oxygen atoms in total. The molecule has 104 valence electrons. The Bertz CT molecular complexity index is 651. The maximum atomic E-state index is 11.1. The topological polar surface area (TPSA) is 55.1 Å². The number of carboxylic acid groups (broad SMARTS) is 1. The first-order valence-electron chi connectivity index (χ1n) is 6.64. The SMILES string of the molecule is O=C(O)C1CCc2nc(Cc3ccccc3Cl)cn2C1. The maximum Gasteiger partial charge on any atom is 0.308 e. The van der Waals surface area contributed by atoms with E-state index in [9.17, 15) is 4.79 Å². The molecule has 0 fully saturated rings. The fraction of sp³-hybridized carbons (Fsp3) is 0.333. The Hall–Kier alpha value is -1.81. The van der Waals surface area contributed by atoms with E-state index >= 15 is 0 Å². The minimum absolute atomic E-state index is 0.301. The summed E-state index contributed by atoms with van der Waals surface area (Å²) < 4.78 is 1.97. The van der Waals surface area contributed by atoms with Gasteiger partial charge in [0.2, 0.25) is 0 Å². The highest BCUT2D eigenvalue weighted by Gasteiger charge is 2.25. The molecule has 1 aliphatic heterocycles. The number of nitrogens with zero attached hydrogens (tertiary/aromatic N) is 2. The molecule has 2 aromatic rings. The quantitative estimate of drug-likeness (QED) is 0.946. The summed E-state index contributed by atoms with van der Waals surface area (Å²) in [5.41, 5.74) is 1.98. The summed E-state index contributed by atoms with van der Waals surface area (Å²) in [6.07, 6.45) is 4.02. The van der Waals surface area contributed by atoms with E-state index in [4.69, 9.17) is 16.7 Å². The summed E-state index contributed by atoms with van der Waals surface area (Å²) >= 11 is 6.15. The monoisotopic (exact) mass is 290 g/mol. The second kappa shape index (κ2) is 5.29. The van der Waals surface area contributed by atoms with E-state index in [1.165, 1.54) is 0 Å². The molecule has 0 spiro atoms. The normalized spacial score (nSPS) is 17.8. The molecule has 0 bridgehead atoms. The van der Waals surface area contributed by atoms with Crippen LogP contribution >= 0.6 is 11.6 Å². The third kappa shape index (κ3) is 2.56. The predicted molar refractivity (Wildman–Crippen MR) is 75.9 cm³/mol. The maximum absolute atomic E-state index is 11.1. The first-order valence-corrected chi connectivity index (χ1v) is 7.02. The van der Waals surface area contributed by atoms with E-state index in [0.717, 1.165) is 28.5 Å². The lowest BCUT2D eigenvalue weighted by molar-refractivity contribution is -0.142. The zero-order chi connectivity index (χ0) is 14.1. The van der Waals surface area contributed by atoms with E-state index in [1.807, 2.05) is 35.0 Å². The largest absolute Gasteiger partial charge is 0.481 e. The molecule has 1 N–H and O–H groups in total. The molecule has 5 heteroatoms. The number of aryl methyl sites for hydroxylation is 1. The van der Waals surface area contributed by atoms with Crippen molar-refractivity contribution in [3.63, 3.8) is 0 Å². The number of aromatic nitrogens is 2. The van der Waals surface area contributed by atoms with Gasteiger partial charge in [-0.3, -0.25) is 4.79 Å². The molecule has 3 rings (SSSR count). The van der Waals surface area contributed by atoms with Gasteiger partial charge in [-0.1, -0.05) is 29.8 Å². The molecule has 2 heterocycles. The molecular formula is C15H15ClN2O2. The molecule has 1 aromatic carbocycles. The van der Waals surface area contributed by atoms with Crippen LogP contribution in [-0.2, 0) is 24.2 Å². The standard InChI is InChI=1S/C15H15ClN2O2/c16-13-4-2-1-3-10(13)7-12-9-18-8-11(15(19)20)5-6-14(18)17-12/h1-4,9,11H,5-8H2,(H,19,20). The average molecular weight is 291 g/mol. The lowest BCUT2D eigenvalue weighted by atomic mass is 10.00. The minimum Gasteiger partial charge on any atom is -0.481 e. The highest BCUT2D eigenvalue weighted by atomic mass is 35.5. The van der Waals surface area contributed by atoms with Gasteiger partial charge in [-0.05, 0) is 18.1 Å². The minimum atomic E-state index is -0.725. The number of imidazole rings is 1. The van der Waals surface area contributed by atoms with Crippen molar-refractivity contribution in [2.24, 2.45) is 5.92 Å². The second-order valence-electron chi connectivity index (χ2n) is 5.14. The van der Waals surface area contributed by atoms with Gasteiger partial charge in [0.25, 0.3) is 0 Å². The lowest BCUT2D eigenvalue weighted by Crippen LogP contribution is -2.26. The van der Waals surface area contributed by atoms with Gasteiger partial charge in [0.1, 0.15) is 5.82 Å². The van der Waals surface area contributed by atoms with Crippen LogP contribution in [0.5, 0.6) is 0 Å². The number of hydrogen-bond donors (Lipinski definition) is 1. The lowest BCUT2D eigenvalue weighted by Gasteiger charge is -2.19. The van der Waals surface area contributed by atoms with Gasteiger partial charge in [0, 0.05) is 30.6 Å². The van der Waals surface area contributed by atoms with Crippen LogP contribution in [0.3, 0.4) is 0 Å². The predicted octanol–water partition coefficient (Wildman–Crippen LogP) is 2.77. The van der Waals surface area contributed by atoms with Crippen LogP contribution in [0.2, 0.25) is 5.02 Å². The Labute approximate surface area is 122 Å². The Kier molecular flexibility index (Phi) is 3.49. The fourth-order valence-corrected chi connectivity index (χ4v) is 2.83. The smallest absolute Gasteiger partial charge is 0.308 e. The molecule has 0 saturated heterocycles. The van der Waals surface area contributed by atoms with E-state index in [0.29, 0.717) is 19.4 Å². The van der Waals surface area contributed by atoms with E-state index < -0.39 is 5.97 Å². The first kappa shape index (κ1) is 13.2. The number of carbonyl (C=O) groups is 1. The van der Waals surface area contributed by atoms with Crippen LogP contribution in [-0.4, -0.2) is 20.6 Å². The number of fused-ring (bicyclic) bond motifs is 1. The van der Waals surface area contributed by atoms with Crippen LogP contribution in [0.25, 0.3) is 0 Å². The highest BCUT2D eigenvalue weighted by molar-refractivity contribution is 6.31. The molecule has 0 aliphatic carbocycles. The third-order valence-electron chi connectivity index (χ3n) is 3.72. The Morgan fingerprint density at radius 3 is 3.00 bits per heavy atom. The van der Waals surface area contributed by atoms with Crippen molar-refractivity contribution in [1.82, 2.24) is 9.55 Å². The summed E-state index contributed by atoms with van der Waals surface area (Å²) in [5, 5.41) is 9.83. The number of carboxylic acids is 1. The number of hydrogen-bond acceptors (Lipinski definition) is 2. The molecule has 1 unspecified atom stereocenters. The number of benzene rings is 1. The van der Waals surface area contributed by atoms with Gasteiger partial charge in [-0.2, -0.15) is 0 Å². The average Bonchev–Trinajstić information content (AvgIpc) is 2.82. The number of rotatable bonds is 3. The first-order chi connectivity index (χ1) is 9.63. The van der Waals surface area contributed by atoms with Crippen LogP contribution in [0.4, 0.5) is 0 Å². The Balaban J connectivity index is 1.81. The zero-order valence-corrected chi connectivity index (χ0v) is 11.7. The van der Waals surface area contributed by atoms with E-state index in [2.05, 4.69) is 4.98 Å². The van der Waals surface area contributed by atoms with Gasteiger partial charge >= 0.3 is 5.97 Å². The van der Waals surface area contributed by atoms with E-state index in [-0.39, 0.29) is 5.92 Å². The van der Waals surface area contributed by atoms with Crippen molar-refractivity contribution in [1.29, 1.82) is 0 Å². The van der Waals surface area contributed by atoms with Gasteiger partial charge in [0.15, 0.2) is 0 Å². The van der Waals surface area contributed by atoms with Crippen molar-refractivity contribution in [3.05, 3.63) is 52.6 Å².